The molecule has 0 radical (unpaired) electrons. The van der Waals surface area contributed by atoms with Crippen LogP contribution in [-0.4, -0.2) is 29.5 Å². The lowest BCUT2D eigenvalue weighted by molar-refractivity contribution is -0.123. The van der Waals surface area contributed by atoms with Gasteiger partial charge >= 0.3 is 5.97 Å². The molecule has 1 aliphatic rings. The van der Waals surface area contributed by atoms with Gasteiger partial charge in [-0.15, -0.1) is 0 Å². The van der Waals surface area contributed by atoms with E-state index in [2.05, 4.69) is 5.32 Å². The predicted molar refractivity (Wildman–Crippen MR) is 123 cm³/mol. The van der Waals surface area contributed by atoms with Crippen molar-refractivity contribution in [3.63, 3.8) is 0 Å². The molecule has 1 unspecified atom stereocenters. The lowest BCUT2D eigenvalue weighted by Crippen LogP contribution is -2.30. The minimum Gasteiger partial charge on any atom is -0.449 e. The lowest BCUT2D eigenvalue weighted by atomic mass is 9.82. The van der Waals surface area contributed by atoms with Gasteiger partial charge in [-0.1, -0.05) is 43.3 Å². The average Bonchev–Trinajstić information content (AvgIpc) is 2.82. The minimum absolute atomic E-state index is 0.0266. The number of ether oxygens (including phenoxy) is 1. The lowest BCUT2D eigenvalue weighted by Gasteiger charge is -2.20. The highest BCUT2D eigenvalue weighted by Crippen LogP contribution is 2.33. The Morgan fingerprint density at radius 2 is 1.55 bits per heavy atom. The molecule has 1 aliphatic carbocycles. The van der Waals surface area contributed by atoms with E-state index in [0.717, 1.165) is 12.0 Å². The van der Waals surface area contributed by atoms with Gasteiger partial charge in [0.05, 0.1) is 16.8 Å². The van der Waals surface area contributed by atoms with Gasteiger partial charge in [-0.05, 0) is 43.2 Å². The zero-order valence-corrected chi connectivity index (χ0v) is 18.2. The number of hydrogen-bond donors (Lipinski definition) is 2. The summed E-state index contributed by atoms with van der Waals surface area (Å²) >= 11 is 0. The molecule has 7 heteroatoms. The average molecular weight is 442 g/mol. The molecule has 7 nitrogen and oxygen atoms in total. The van der Waals surface area contributed by atoms with Crippen LogP contribution in [0.1, 0.15) is 61.6 Å². The van der Waals surface area contributed by atoms with Gasteiger partial charge in [0.25, 0.3) is 5.91 Å². The number of benzene rings is 3. The standard InChI is InChI=1S/C26H22N2O5/c1-3-15-8-10-16(11-9-15)28-25(31)14(2)33-26(32)20-13-12-19-21(22(20)27)24(30)18-7-5-4-6-17(18)23(19)29/h4-14H,3,27H2,1-2H3,(H,28,31). The zero-order valence-electron chi connectivity index (χ0n) is 18.2. The minimum atomic E-state index is -1.11. The topological polar surface area (TPSA) is 116 Å². The number of nitrogen functional groups attached to an aromatic ring is 1. The van der Waals surface area contributed by atoms with Crippen LogP contribution in [-0.2, 0) is 16.0 Å². The highest BCUT2D eigenvalue weighted by Gasteiger charge is 2.33. The Labute approximate surface area is 190 Å². The first-order chi connectivity index (χ1) is 15.8. The molecule has 1 atom stereocenters. The number of carbonyl (C=O) groups is 4. The van der Waals surface area contributed by atoms with E-state index in [1.165, 1.54) is 19.1 Å². The van der Waals surface area contributed by atoms with E-state index in [1.807, 2.05) is 19.1 Å². The van der Waals surface area contributed by atoms with E-state index in [4.69, 9.17) is 10.5 Å². The van der Waals surface area contributed by atoms with Crippen LogP contribution in [0.25, 0.3) is 0 Å². The van der Waals surface area contributed by atoms with Crippen molar-refractivity contribution in [2.24, 2.45) is 0 Å². The fourth-order valence-electron chi connectivity index (χ4n) is 3.74. The molecule has 0 saturated carbocycles. The van der Waals surface area contributed by atoms with E-state index in [0.29, 0.717) is 11.3 Å². The summed E-state index contributed by atoms with van der Waals surface area (Å²) in [6, 6.07) is 16.5. The SMILES string of the molecule is CCc1ccc(NC(=O)C(C)OC(=O)c2ccc3c(c2N)C(=O)c2ccccc2C3=O)cc1. The fourth-order valence-corrected chi connectivity index (χ4v) is 3.74. The summed E-state index contributed by atoms with van der Waals surface area (Å²) in [7, 11) is 0. The second-order valence-corrected chi connectivity index (χ2v) is 7.74. The second kappa shape index (κ2) is 8.70. The molecular weight excluding hydrogens is 420 g/mol. The first-order valence-electron chi connectivity index (χ1n) is 10.5. The van der Waals surface area contributed by atoms with Crippen LogP contribution in [0.5, 0.6) is 0 Å². The third-order valence-electron chi connectivity index (χ3n) is 5.64. The number of nitrogens with one attached hydrogen (secondary N) is 1. The van der Waals surface area contributed by atoms with Crippen LogP contribution in [0, 0.1) is 0 Å². The predicted octanol–water partition coefficient (Wildman–Crippen LogP) is 3.79. The quantitative estimate of drug-likeness (QED) is 0.359. The second-order valence-electron chi connectivity index (χ2n) is 7.74. The van der Waals surface area contributed by atoms with Gasteiger partial charge in [-0.25, -0.2) is 4.79 Å². The van der Waals surface area contributed by atoms with Crippen LogP contribution in [0.4, 0.5) is 11.4 Å². The first kappa shape index (κ1) is 22.0. The Kier molecular flexibility index (Phi) is 5.79. The summed E-state index contributed by atoms with van der Waals surface area (Å²) in [6.45, 7) is 3.47. The van der Waals surface area contributed by atoms with Gasteiger partial charge in [0.2, 0.25) is 0 Å². The van der Waals surface area contributed by atoms with Gasteiger partial charge in [-0.2, -0.15) is 0 Å². The molecule has 0 bridgehead atoms. The maximum atomic E-state index is 13.0. The number of esters is 1. The zero-order chi connectivity index (χ0) is 23.7. The third-order valence-corrected chi connectivity index (χ3v) is 5.64. The van der Waals surface area contributed by atoms with Crippen LogP contribution in [0.15, 0.2) is 60.7 Å². The molecule has 0 spiro atoms. The van der Waals surface area contributed by atoms with E-state index in [-0.39, 0.29) is 33.7 Å². The summed E-state index contributed by atoms with van der Waals surface area (Å²) < 4.78 is 5.29. The number of ketones is 2. The summed E-state index contributed by atoms with van der Waals surface area (Å²) in [4.78, 5) is 51.0. The van der Waals surface area contributed by atoms with Crippen molar-refractivity contribution in [1.82, 2.24) is 0 Å². The van der Waals surface area contributed by atoms with Gasteiger partial charge in [0.15, 0.2) is 17.7 Å². The molecule has 3 aromatic rings. The van der Waals surface area contributed by atoms with Crippen LogP contribution in [0.2, 0.25) is 0 Å². The molecule has 4 rings (SSSR count). The van der Waals surface area contributed by atoms with Crippen molar-refractivity contribution in [3.8, 4) is 0 Å². The van der Waals surface area contributed by atoms with Crippen molar-refractivity contribution in [2.45, 2.75) is 26.4 Å². The highest BCUT2D eigenvalue weighted by molar-refractivity contribution is 6.30. The first-order valence-corrected chi connectivity index (χ1v) is 10.5. The highest BCUT2D eigenvalue weighted by atomic mass is 16.5. The molecule has 33 heavy (non-hydrogen) atoms. The monoisotopic (exact) mass is 442 g/mol. The number of hydrogen-bond acceptors (Lipinski definition) is 6. The van der Waals surface area contributed by atoms with Gasteiger partial charge in [-0.3, -0.25) is 14.4 Å². The maximum Gasteiger partial charge on any atom is 0.341 e. The molecule has 0 saturated heterocycles. The number of nitrogens with two attached hydrogens (primary N) is 1. The van der Waals surface area contributed by atoms with Crippen LogP contribution >= 0.6 is 0 Å². The molecule has 166 valence electrons. The van der Waals surface area contributed by atoms with E-state index in [1.54, 1.807) is 36.4 Å². The Morgan fingerprint density at radius 3 is 2.18 bits per heavy atom. The molecule has 0 aromatic heterocycles. The van der Waals surface area contributed by atoms with Crippen molar-refractivity contribution >= 4 is 34.8 Å². The van der Waals surface area contributed by atoms with Crippen LogP contribution < -0.4 is 11.1 Å². The number of carbonyl (C=O) groups excluding carboxylic acids is 4. The molecular formula is C26H22N2O5. The fraction of sp³-hybridized carbons (Fsp3) is 0.154. The van der Waals surface area contributed by atoms with Gasteiger partial charge in [0, 0.05) is 22.4 Å². The van der Waals surface area contributed by atoms with Gasteiger partial charge in [0.1, 0.15) is 0 Å². The van der Waals surface area contributed by atoms with Crippen LogP contribution in [0.3, 0.4) is 0 Å². The Morgan fingerprint density at radius 1 is 0.909 bits per heavy atom. The summed E-state index contributed by atoms with van der Waals surface area (Å²) in [5.74, 6) is -2.15. The maximum absolute atomic E-state index is 13.0. The summed E-state index contributed by atoms with van der Waals surface area (Å²) in [6.07, 6.45) is -0.235. The van der Waals surface area contributed by atoms with E-state index >= 15 is 0 Å². The third kappa shape index (κ3) is 4.01. The molecule has 1 amide bonds. The number of amides is 1. The molecule has 0 heterocycles. The number of fused-ring (bicyclic) bond motifs is 2. The molecule has 3 N–H and O–H groups in total. The van der Waals surface area contributed by atoms with Gasteiger partial charge < -0.3 is 15.8 Å². The van der Waals surface area contributed by atoms with Crippen molar-refractivity contribution in [3.05, 3.63) is 94.0 Å². The smallest absolute Gasteiger partial charge is 0.341 e. The Balaban J connectivity index is 1.53. The number of rotatable bonds is 5. The Hall–Kier alpha value is -4.26. The summed E-state index contributed by atoms with van der Waals surface area (Å²) in [5, 5.41) is 2.69. The van der Waals surface area contributed by atoms with E-state index in [9.17, 15) is 19.2 Å². The number of aryl methyl sites for hydroxylation is 1. The molecule has 0 fully saturated rings. The normalized spacial score (nSPS) is 13.0. The molecule has 0 aliphatic heterocycles. The summed E-state index contributed by atoms with van der Waals surface area (Å²) in [5.41, 5.74) is 8.26. The number of anilines is 2. The van der Waals surface area contributed by atoms with Crippen molar-refractivity contribution < 1.29 is 23.9 Å². The van der Waals surface area contributed by atoms with Crippen molar-refractivity contribution in [1.29, 1.82) is 0 Å². The van der Waals surface area contributed by atoms with Crippen molar-refractivity contribution in [2.75, 3.05) is 11.1 Å². The Bertz CT molecular complexity index is 1290. The molecule has 3 aromatic carbocycles. The van der Waals surface area contributed by atoms with E-state index < -0.39 is 23.8 Å². The largest absolute Gasteiger partial charge is 0.449 e.